The van der Waals surface area contributed by atoms with E-state index in [9.17, 15) is 13.2 Å². The van der Waals surface area contributed by atoms with Gasteiger partial charge in [0.25, 0.3) is 0 Å². The Balaban J connectivity index is 1.65. The maximum absolute atomic E-state index is 12.7. The highest BCUT2D eigenvalue weighted by Gasteiger charge is 2.46. The van der Waals surface area contributed by atoms with E-state index in [0.717, 1.165) is 4.31 Å². The zero-order valence-corrected chi connectivity index (χ0v) is 18.1. The molecule has 4 rings (SSSR count). The summed E-state index contributed by atoms with van der Waals surface area (Å²) in [5.74, 6) is 0.394. The van der Waals surface area contributed by atoms with E-state index >= 15 is 0 Å². The van der Waals surface area contributed by atoms with E-state index in [0.29, 0.717) is 42.4 Å². The number of fused-ring (bicyclic) bond motifs is 2. The van der Waals surface area contributed by atoms with Gasteiger partial charge in [0, 0.05) is 25.5 Å². The van der Waals surface area contributed by atoms with Crippen molar-refractivity contribution in [1.29, 1.82) is 0 Å². The summed E-state index contributed by atoms with van der Waals surface area (Å²) in [5, 5.41) is 0. The Kier molecular flexibility index (Phi) is 5.29. The summed E-state index contributed by atoms with van der Waals surface area (Å²) in [6, 6.07) is 5.28. The number of hydrogen-bond acceptors (Lipinski definition) is 9. The minimum absolute atomic E-state index is 0.0646. The van der Waals surface area contributed by atoms with Gasteiger partial charge < -0.3 is 15.2 Å². The lowest BCUT2D eigenvalue weighted by Gasteiger charge is -2.40. The van der Waals surface area contributed by atoms with Crippen molar-refractivity contribution in [3.63, 3.8) is 0 Å². The Morgan fingerprint density at radius 2 is 2.13 bits per heavy atom. The molecule has 0 radical (unpaired) electrons. The number of carbonyl (C=O) groups excluding carboxylic acids is 1. The summed E-state index contributed by atoms with van der Waals surface area (Å²) >= 11 is 0. The molecule has 31 heavy (non-hydrogen) atoms. The summed E-state index contributed by atoms with van der Waals surface area (Å²) in [6.45, 7) is 2.61. The van der Waals surface area contributed by atoms with Crippen molar-refractivity contribution in [3.8, 4) is 11.6 Å². The van der Waals surface area contributed by atoms with E-state index in [2.05, 4.69) is 15.0 Å². The monoisotopic (exact) mass is 445 g/mol. The van der Waals surface area contributed by atoms with Crippen molar-refractivity contribution in [1.82, 2.24) is 14.3 Å². The van der Waals surface area contributed by atoms with Crippen LogP contribution in [-0.4, -0.2) is 60.4 Å². The van der Waals surface area contributed by atoms with Crippen molar-refractivity contribution in [2.45, 2.75) is 25.3 Å². The molecule has 11 heteroatoms. The molecule has 0 unspecified atom stereocenters. The lowest BCUT2D eigenvalue weighted by molar-refractivity contribution is 0.0987. The number of rotatable bonds is 5. The molecule has 2 aliphatic heterocycles. The second-order valence-corrected chi connectivity index (χ2v) is 9.43. The van der Waals surface area contributed by atoms with Crippen LogP contribution in [0.2, 0.25) is 0 Å². The van der Waals surface area contributed by atoms with Gasteiger partial charge in [0.05, 0.1) is 31.4 Å². The number of sulfonamides is 1. The van der Waals surface area contributed by atoms with Crippen LogP contribution < -0.4 is 15.2 Å². The lowest BCUT2D eigenvalue weighted by atomic mass is 9.85. The number of nitrogens with two attached hydrogens (primary N) is 1. The van der Waals surface area contributed by atoms with E-state index in [1.807, 2.05) is 6.92 Å². The molecule has 2 aromatic rings. The van der Waals surface area contributed by atoms with Crippen molar-refractivity contribution in [2.24, 2.45) is 10.7 Å². The van der Waals surface area contributed by atoms with Gasteiger partial charge in [0.2, 0.25) is 21.9 Å². The average Bonchev–Trinajstić information content (AvgIpc) is 2.73. The SMILES string of the molecule is CCOc1cnc(C(=O)Cc2ccc3c(c2)[C@]2(CCO3)CS(=O)(=O)N(C)C(N)=N2)cn1. The number of ether oxygens (including phenoxy) is 2. The predicted octanol–water partition coefficient (Wildman–Crippen LogP) is 0.868. The molecule has 164 valence electrons. The van der Waals surface area contributed by atoms with Crippen molar-refractivity contribution in [2.75, 3.05) is 26.0 Å². The number of guanidine groups is 1. The molecule has 2 N–H and O–H groups in total. The first kappa shape index (κ1) is 21.0. The Morgan fingerprint density at radius 1 is 1.32 bits per heavy atom. The Morgan fingerprint density at radius 3 is 2.81 bits per heavy atom. The smallest absolute Gasteiger partial charge is 0.239 e. The van der Waals surface area contributed by atoms with Crippen LogP contribution in [0.3, 0.4) is 0 Å². The van der Waals surface area contributed by atoms with E-state index in [1.54, 1.807) is 18.2 Å². The summed E-state index contributed by atoms with van der Waals surface area (Å²) in [4.78, 5) is 25.4. The molecule has 1 atom stereocenters. The standard InChI is InChI=1S/C20H23N5O5S/c1-3-29-18-11-22-15(10-23-18)16(26)9-13-4-5-17-14(8-13)20(6-7-30-17)12-31(27,28)25(2)19(21)24-20/h4-5,8,10-11H,3,6-7,9,12H2,1-2H3,(H2,21,24)/t20-/m0/s1. The van der Waals surface area contributed by atoms with Crippen LogP contribution in [0.15, 0.2) is 35.6 Å². The van der Waals surface area contributed by atoms with E-state index in [4.69, 9.17) is 15.2 Å². The summed E-state index contributed by atoms with van der Waals surface area (Å²) < 4.78 is 37.2. The number of Topliss-reactive ketones (excluding diaryl/α,β-unsaturated/α-hetero) is 1. The van der Waals surface area contributed by atoms with Crippen LogP contribution in [0.5, 0.6) is 11.6 Å². The maximum atomic E-state index is 12.7. The van der Waals surface area contributed by atoms with Crippen LogP contribution in [0, 0.1) is 0 Å². The molecule has 1 aromatic heterocycles. The highest BCUT2D eigenvalue weighted by molar-refractivity contribution is 7.89. The minimum Gasteiger partial charge on any atom is -0.493 e. The van der Waals surface area contributed by atoms with Crippen molar-refractivity contribution in [3.05, 3.63) is 47.4 Å². The van der Waals surface area contributed by atoms with Gasteiger partial charge >= 0.3 is 0 Å². The molecule has 1 spiro atoms. The molecule has 10 nitrogen and oxygen atoms in total. The topological polar surface area (TPSA) is 137 Å². The number of ketones is 1. The van der Waals surface area contributed by atoms with E-state index in [-0.39, 0.29) is 29.6 Å². The number of aromatic nitrogens is 2. The second kappa shape index (κ2) is 7.80. The summed E-state index contributed by atoms with van der Waals surface area (Å²) in [7, 11) is -2.24. The molecular weight excluding hydrogens is 422 g/mol. The second-order valence-electron chi connectivity index (χ2n) is 7.43. The Labute approximate surface area is 180 Å². The fourth-order valence-electron chi connectivity index (χ4n) is 3.73. The van der Waals surface area contributed by atoms with Crippen LogP contribution >= 0.6 is 0 Å². The first-order chi connectivity index (χ1) is 14.7. The molecule has 0 fully saturated rings. The largest absolute Gasteiger partial charge is 0.493 e. The molecule has 0 aliphatic carbocycles. The molecule has 2 aliphatic rings. The quantitative estimate of drug-likeness (QED) is 0.669. The van der Waals surface area contributed by atoms with E-state index in [1.165, 1.54) is 19.4 Å². The zero-order valence-electron chi connectivity index (χ0n) is 17.2. The molecule has 0 saturated heterocycles. The number of aliphatic imine (C=N–C) groups is 1. The molecule has 0 saturated carbocycles. The molecule has 0 bridgehead atoms. The van der Waals surface area contributed by atoms with Gasteiger partial charge in [-0.3, -0.25) is 4.79 Å². The highest BCUT2D eigenvalue weighted by atomic mass is 32.2. The van der Waals surface area contributed by atoms with Crippen LogP contribution in [0.4, 0.5) is 0 Å². The van der Waals surface area contributed by atoms with E-state index < -0.39 is 15.6 Å². The van der Waals surface area contributed by atoms with Gasteiger partial charge in [-0.15, -0.1) is 0 Å². The average molecular weight is 446 g/mol. The molecular formula is C20H23N5O5S. The Bertz CT molecular complexity index is 1150. The minimum atomic E-state index is -3.62. The number of nitrogens with zero attached hydrogens (tertiary/aromatic N) is 4. The van der Waals surface area contributed by atoms with Gasteiger partial charge in [0.15, 0.2) is 5.78 Å². The number of hydrogen-bond donors (Lipinski definition) is 1. The third-order valence-corrected chi connectivity index (χ3v) is 7.24. The van der Waals surface area contributed by atoms with Gasteiger partial charge in [0.1, 0.15) is 17.0 Å². The summed E-state index contributed by atoms with van der Waals surface area (Å²) in [6.07, 6.45) is 3.23. The summed E-state index contributed by atoms with van der Waals surface area (Å²) in [5.41, 5.74) is 6.40. The molecule has 3 heterocycles. The third-order valence-electron chi connectivity index (χ3n) is 5.38. The fraction of sp³-hybridized carbons (Fsp3) is 0.400. The fourth-order valence-corrected chi connectivity index (χ4v) is 5.22. The maximum Gasteiger partial charge on any atom is 0.239 e. The van der Waals surface area contributed by atoms with Gasteiger partial charge in [-0.1, -0.05) is 6.07 Å². The predicted molar refractivity (Wildman–Crippen MR) is 113 cm³/mol. The molecule has 0 amide bonds. The van der Waals surface area contributed by atoms with Crippen LogP contribution in [0.25, 0.3) is 0 Å². The first-order valence-electron chi connectivity index (χ1n) is 9.80. The zero-order chi connectivity index (χ0) is 22.2. The van der Waals surface area contributed by atoms with Crippen LogP contribution in [0.1, 0.15) is 35.0 Å². The van der Waals surface area contributed by atoms with Gasteiger partial charge in [-0.05, 0) is 24.6 Å². The Hall–Kier alpha value is -3.21. The first-order valence-corrected chi connectivity index (χ1v) is 11.4. The van der Waals surface area contributed by atoms with Gasteiger partial charge in [-0.2, -0.15) is 0 Å². The van der Waals surface area contributed by atoms with Crippen molar-refractivity contribution >= 4 is 21.8 Å². The third kappa shape index (κ3) is 3.92. The van der Waals surface area contributed by atoms with Gasteiger partial charge in [-0.25, -0.2) is 27.7 Å². The lowest BCUT2D eigenvalue weighted by Crippen LogP contribution is -2.52. The highest BCUT2D eigenvalue weighted by Crippen LogP contribution is 2.43. The van der Waals surface area contributed by atoms with Crippen LogP contribution in [-0.2, 0) is 22.0 Å². The van der Waals surface area contributed by atoms with Crippen molar-refractivity contribution < 1.29 is 22.7 Å². The normalized spacial score (nSPS) is 21.7. The molecule has 1 aromatic carbocycles. The number of carbonyl (C=O) groups is 1. The number of benzene rings is 1.